The number of likely N-dealkylation sites (N-methyl/N-ethyl adjacent to an activating group) is 1. The third-order valence-corrected chi connectivity index (χ3v) is 4.83. The molecule has 1 aromatic carbocycles. The Kier molecular flexibility index (Phi) is 5.55. The van der Waals surface area contributed by atoms with Gasteiger partial charge in [-0.1, -0.05) is 6.07 Å². The lowest BCUT2D eigenvalue weighted by Crippen LogP contribution is -2.45. The van der Waals surface area contributed by atoms with Gasteiger partial charge in [-0.2, -0.15) is 5.10 Å². The average Bonchev–Trinajstić information content (AvgIpc) is 3.10. The van der Waals surface area contributed by atoms with Gasteiger partial charge >= 0.3 is 0 Å². The molecule has 0 unspecified atom stereocenters. The number of ether oxygens (including phenoxy) is 2. The Balaban J connectivity index is 1.67. The van der Waals surface area contributed by atoms with Crippen LogP contribution >= 0.6 is 0 Å². The van der Waals surface area contributed by atoms with Crippen molar-refractivity contribution in [1.82, 2.24) is 25.0 Å². The summed E-state index contributed by atoms with van der Waals surface area (Å²) in [6.45, 7) is 6.46. The van der Waals surface area contributed by atoms with E-state index in [9.17, 15) is 0 Å². The van der Waals surface area contributed by atoms with Gasteiger partial charge in [0.1, 0.15) is 5.82 Å². The molecule has 136 valence electrons. The number of nitrogens with one attached hydrogen (secondary N) is 1. The summed E-state index contributed by atoms with van der Waals surface area (Å²) in [5, 5.41) is 7.51. The molecule has 7 nitrogen and oxygen atoms in total. The number of hydrogen-bond donors (Lipinski definition) is 1. The highest BCUT2D eigenvalue weighted by molar-refractivity contribution is 5.43. The van der Waals surface area contributed by atoms with E-state index in [1.807, 2.05) is 18.2 Å². The summed E-state index contributed by atoms with van der Waals surface area (Å²) in [4.78, 5) is 9.49. The van der Waals surface area contributed by atoms with Crippen LogP contribution in [0, 0.1) is 0 Å². The zero-order valence-electron chi connectivity index (χ0n) is 15.5. The Labute approximate surface area is 148 Å². The Morgan fingerprint density at radius 2 is 1.84 bits per heavy atom. The van der Waals surface area contributed by atoms with Crippen LogP contribution in [-0.2, 0) is 6.42 Å². The Morgan fingerprint density at radius 1 is 1.12 bits per heavy atom. The molecule has 25 heavy (non-hydrogen) atoms. The number of rotatable bonds is 6. The lowest BCUT2D eigenvalue weighted by molar-refractivity contribution is 0.115. The van der Waals surface area contributed by atoms with Gasteiger partial charge in [0.15, 0.2) is 17.3 Å². The molecule has 1 aliphatic rings. The second-order valence-electron chi connectivity index (χ2n) is 6.52. The van der Waals surface area contributed by atoms with Crippen molar-refractivity contribution >= 4 is 0 Å². The topological polar surface area (TPSA) is 66.5 Å². The summed E-state index contributed by atoms with van der Waals surface area (Å²) in [7, 11) is 5.45. The smallest absolute Gasteiger partial charge is 0.167 e. The fraction of sp³-hybridized carbons (Fsp3) is 0.556. The Morgan fingerprint density at radius 3 is 2.52 bits per heavy atom. The summed E-state index contributed by atoms with van der Waals surface area (Å²) in [6, 6.07) is 6.14. The van der Waals surface area contributed by atoms with Crippen molar-refractivity contribution in [1.29, 1.82) is 0 Å². The molecular weight excluding hydrogens is 318 g/mol. The van der Waals surface area contributed by atoms with Gasteiger partial charge in [-0.05, 0) is 31.7 Å². The number of H-pyrrole nitrogens is 1. The number of aromatic amines is 1. The number of aromatic nitrogens is 3. The van der Waals surface area contributed by atoms with E-state index in [1.54, 1.807) is 14.2 Å². The van der Waals surface area contributed by atoms with Crippen LogP contribution in [0.15, 0.2) is 18.2 Å². The molecule has 2 aromatic rings. The van der Waals surface area contributed by atoms with Crippen molar-refractivity contribution in [2.45, 2.75) is 19.4 Å². The summed E-state index contributed by atoms with van der Waals surface area (Å²) in [5.41, 5.74) is 1.10. The third-order valence-electron chi connectivity index (χ3n) is 4.83. The molecule has 0 bridgehead atoms. The van der Waals surface area contributed by atoms with E-state index in [0.29, 0.717) is 6.42 Å². The van der Waals surface area contributed by atoms with Crippen LogP contribution in [-0.4, -0.2) is 72.4 Å². The van der Waals surface area contributed by atoms with Crippen LogP contribution in [0.5, 0.6) is 11.5 Å². The van der Waals surface area contributed by atoms with Gasteiger partial charge in [0.05, 0.1) is 20.3 Å². The standard InChI is InChI=1S/C18H27N5O2/c1-13(23-9-7-22(2)8-10-23)18-19-17(20-21-18)12-14-5-6-15(24-3)16(11-14)25-4/h5-6,11,13H,7-10,12H2,1-4H3,(H,19,20,21)/t13-/m0/s1. The van der Waals surface area contributed by atoms with E-state index >= 15 is 0 Å². The van der Waals surface area contributed by atoms with Gasteiger partial charge in [-0.3, -0.25) is 10.00 Å². The van der Waals surface area contributed by atoms with Crippen molar-refractivity contribution in [2.75, 3.05) is 47.4 Å². The quantitative estimate of drug-likeness (QED) is 0.860. The molecule has 3 rings (SSSR count). The third kappa shape index (κ3) is 4.11. The molecule has 7 heteroatoms. The highest BCUT2D eigenvalue weighted by Crippen LogP contribution is 2.28. The summed E-state index contributed by atoms with van der Waals surface area (Å²) in [6.07, 6.45) is 0.683. The molecular formula is C18H27N5O2. The fourth-order valence-electron chi connectivity index (χ4n) is 3.13. The summed E-state index contributed by atoms with van der Waals surface area (Å²) >= 11 is 0. The van der Waals surface area contributed by atoms with E-state index in [0.717, 1.165) is 54.9 Å². The van der Waals surface area contributed by atoms with Crippen LogP contribution in [0.25, 0.3) is 0 Å². The SMILES string of the molecule is COc1ccc(Cc2nc([C@H](C)N3CCN(C)CC3)n[nH]2)cc1OC. The minimum atomic E-state index is 0.226. The van der Waals surface area contributed by atoms with Crippen LogP contribution < -0.4 is 9.47 Å². The van der Waals surface area contributed by atoms with Crippen molar-refractivity contribution in [3.8, 4) is 11.5 Å². The summed E-state index contributed by atoms with van der Waals surface area (Å²) in [5.74, 6) is 3.18. The lowest BCUT2D eigenvalue weighted by atomic mass is 10.1. The van der Waals surface area contributed by atoms with Crippen LogP contribution in [0.1, 0.15) is 30.2 Å². The van der Waals surface area contributed by atoms with E-state index in [-0.39, 0.29) is 6.04 Å². The van der Waals surface area contributed by atoms with E-state index in [2.05, 4.69) is 34.0 Å². The first-order valence-corrected chi connectivity index (χ1v) is 8.65. The van der Waals surface area contributed by atoms with Gasteiger partial charge < -0.3 is 14.4 Å². The predicted octanol–water partition coefficient (Wildman–Crippen LogP) is 1.72. The predicted molar refractivity (Wildman–Crippen MR) is 96.2 cm³/mol. The molecule has 0 saturated carbocycles. The van der Waals surface area contributed by atoms with Gasteiger partial charge in [0.25, 0.3) is 0 Å². The minimum Gasteiger partial charge on any atom is -0.493 e. The van der Waals surface area contributed by atoms with E-state index in [1.165, 1.54) is 0 Å². The molecule has 0 spiro atoms. The molecule has 2 heterocycles. The zero-order chi connectivity index (χ0) is 17.8. The number of hydrogen-bond acceptors (Lipinski definition) is 6. The largest absolute Gasteiger partial charge is 0.493 e. The molecule has 1 aliphatic heterocycles. The highest BCUT2D eigenvalue weighted by Gasteiger charge is 2.23. The van der Waals surface area contributed by atoms with E-state index < -0.39 is 0 Å². The van der Waals surface area contributed by atoms with Crippen molar-refractivity contribution < 1.29 is 9.47 Å². The minimum absolute atomic E-state index is 0.226. The van der Waals surface area contributed by atoms with E-state index in [4.69, 9.17) is 14.5 Å². The molecule has 1 fully saturated rings. The number of nitrogens with zero attached hydrogens (tertiary/aromatic N) is 4. The van der Waals surface area contributed by atoms with Gasteiger partial charge in [-0.25, -0.2) is 4.98 Å². The van der Waals surface area contributed by atoms with Gasteiger partial charge in [0, 0.05) is 32.6 Å². The second kappa shape index (κ2) is 7.84. The van der Waals surface area contributed by atoms with Crippen LogP contribution in [0.4, 0.5) is 0 Å². The Bertz CT molecular complexity index is 695. The molecule has 0 aliphatic carbocycles. The van der Waals surface area contributed by atoms with Gasteiger partial charge in [0.2, 0.25) is 0 Å². The lowest BCUT2D eigenvalue weighted by Gasteiger charge is -2.35. The van der Waals surface area contributed by atoms with Gasteiger partial charge in [-0.15, -0.1) is 0 Å². The van der Waals surface area contributed by atoms with Crippen LogP contribution in [0.2, 0.25) is 0 Å². The normalized spacial score (nSPS) is 17.4. The number of piperazine rings is 1. The molecule has 0 amide bonds. The number of methoxy groups -OCH3 is 2. The molecule has 1 aromatic heterocycles. The van der Waals surface area contributed by atoms with Crippen LogP contribution in [0.3, 0.4) is 0 Å². The first-order valence-electron chi connectivity index (χ1n) is 8.65. The zero-order valence-corrected chi connectivity index (χ0v) is 15.5. The molecule has 1 saturated heterocycles. The first-order chi connectivity index (χ1) is 12.1. The monoisotopic (exact) mass is 345 g/mol. The first kappa shape index (κ1) is 17.7. The van der Waals surface area contributed by atoms with Crippen molar-refractivity contribution in [3.05, 3.63) is 35.4 Å². The average molecular weight is 345 g/mol. The Hall–Kier alpha value is -2.12. The maximum atomic E-state index is 5.36. The molecule has 1 N–H and O–H groups in total. The second-order valence-corrected chi connectivity index (χ2v) is 6.52. The maximum absolute atomic E-state index is 5.36. The molecule has 0 radical (unpaired) electrons. The fourth-order valence-corrected chi connectivity index (χ4v) is 3.13. The maximum Gasteiger partial charge on any atom is 0.167 e. The molecule has 1 atom stereocenters. The van der Waals surface area contributed by atoms with Crippen molar-refractivity contribution in [2.24, 2.45) is 0 Å². The van der Waals surface area contributed by atoms with Crippen molar-refractivity contribution in [3.63, 3.8) is 0 Å². The number of benzene rings is 1. The highest BCUT2D eigenvalue weighted by atomic mass is 16.5. The summed E-state index contributed by atoms with van der Waals surface area (Å²) < 4.78 is 10.6.